The Hall–Kier alpha value is -3.53. The van der Waals surface area contributed by atoms with Crippen molar-refractivity contribution in [2.75, 3.05) is 23.3 Å². The Balaban J connectivity index is 1.93. The van der Waals surface area contributed by atoms with Crippen molar-refractivity contribution < 1.29 is 35.9 Å². The molecule has 0 bridgehead atoms. The van der Waals surface area contributed by atoms with Crippen LogP contribution >= 0.6 is 0 Å². The third kappa shape index (κ3) is 7.98. The summed E-state index contributed by atoms with van der Waals surface area (Å²) < 4.78 is 77.4. The van der Waals surface area contributed by atoms with Gasteiger partial charge in [0.1, 0.15) is 5.75 Å². The second-order valence-electron chi connectivity index (χ2n) is 8.84. The summed E-state index contributed by atoms with van der Waals surface area (Å²) in [5.74, 6) is -0.0336. The molecule has 210 valence electrons. The van der Waals surface area contributed by atoms with E-state index in [1.54, 1.807) is 50.2 Å². The number of carbonyl (C=O) groups is 1. The molecule has 0 aliphatic rings. The Morgan fingerprint density at radius 3 is 2.26 bits per heavy atom. The summed E-state index contributed by atoms with van der Waals surface area (Å²) in [6.45, 7) is 5.48. The fraction of sp³-hybridized carbons (Fsp3) is 0.345. The molecule has 3 aromatic rings. The van der Waals surface area contributed by atoms with Crippen LogP contribution in [-0.2, 0) is 38.7 Å². The van der Waals surface area contributed by atoms with E-state index >= 15 is 0 Å². The Labute approximate surface area is 227 Å². The molecule has 0 atom stereocenters. The van der Waals surface area contributed by atoms with Crippen LogP contribution in [0.4, 0.5) is 18.9 Å². The highest BCUT2D eigenvalue weighted by atomic mass is 32.2. The molecular formula is C29H32F3NO5S. The van der Waals surface area contributed by atoms with E-state index in [1.807, 2.05) is 13.0 Å². The van der Waals surface area contributed by atoms with E-state index in [2.05, 4.69) is 0 Å². The number of halogens is 3. The lowest BCUT2D eigenvalue weighted by Gasteiger charge is -2.25. The fourth-order valence-corrected chi connectivity index (χ4v) is 5.58. The van der Waals surface area contributed by atoms with Gasteiger partial charge in [0.15, 0.2) is 6.61 Å². The molecule has 0 N–H and O–H groups in total. The van der Waals surface area contributed by atoms with Crippen molar-refractivity contribution in [2.24, 2.45) is 0 Å². The molecule has 3 rings (SSSR count). The minimum absolute atomic E-state index is 0.0456. The summed E-state index contributed by atoms with van der Waals surface area (Å²) in [5, 5.41) is 0. The second-order valence-corrected chi connectivity index (χ2v) is 10.9. The lowest BCUT2D eigenvalue weighted by Crippen LogP contribution is -2.32. The number of benzene rings is 3. The van der Waals surface area contributed by atoms with Crippen LogP contribution in [-0.4, -0.2) is 33.4 Å². The quantitative estimate of drug-likeness (QED) is 0.232. The van der Waals surface area contributed by atoms with Gasteiger partial charge in [-0.25, -0.2) is 13.2 Å². The van der Waals surface area contributed by atoms with Crippen LogP contribution in [0.5, 0.6) is 5.75 Å². The monoisotopic (exact) mass is 563 g/mol. The molecule has 0 amide bonds. The number of anilines is 1. The lowest BCUT2D eigenvalue weighted by atomic mass is 10.0. The Bertz CT molecular complexity index is 1370. The maximum absolute atomic E-state index is 13.3. The van der Waals surface area contributed by atoms with Gasteiger partial charge in [0.25, 0.3) is 0 Å². The van der Waals surface area contributed by atoms with Gasteiger partial charge in [-0.05, 0) is 72.4 Å². The van der Waals surface area contributed by atoms with Crippen molar-refractivity contribution >= 4 is 21.7 Å². The maximum atomic E-state index is 13.3. The van der Waals surface area contributed by atoms with E-state index in [0.717, 1.165) is 23.3 Å². The van der Waals surface area contributed by atoms with Gasteiger partial charge in [-0.15, -0.1) is 0 Å². The van der Waals surface area contributed by atoms with Crippen LogP contribution in [0.3, 0.4) is 0 Å². The zero-order valence-corrected chi connectivity index (χ0v) is 22.9. The number of nitrogens with zero attached hydrogens (tertiary/aromatic N) is 1. The first-order valence-corrected chi connectivity index (χ1v) is 14.3. The number of hydrogen-bond acceptors (Lipinski definition) is 5. The number of carbonyl (C=O) groups excluding carboxylic acids is 1. The molecule has 10 heteroatoms. The van der Waals surface area contributed by atoms with Crippen molar-refractivity contribution in [1.82, 2.24) is 0 Å². The van der Waals surface area contributed by atoms with Gasteiger partial charge in [-0.1, -0.05) is 50.2 Å². The third-order valence-corrected chi connectivity index (χ3v) is 7.90. The molecule has 0 aromatic heterocycles. The van der Waals surface area contributed by atoms with Crippen molar-refractivity contribution in [3.05, 3.63) is 83.4 Å². The molecule has 0 aliphatic carbocycles. The molecule has 0 saturated heterocycles. The Morgan fingerprint density at radius 2 is 1.64 bits per heavy atom. The molecule has 3 aromatic carbocycles. The van der Waals surface area contributed by atoms with E-state index in [4.69, 9.17) is 9.47 Å². The minimum Gasteiger partial charge on any atom is -0.482 e. The summed E-state index contributed by atoms with van der Waals surface area (Å²) in [4.78, 5) is 11.7. The van der Waals surface area contributed by atoms with Gasteiger partial charge >= 0.3 is 12.1 Å². The van der Waals surface area contributed by atoms with Crippen molar-refractivity contribution in [3.8, 4) is 16.9 Å². The smallest absolute Gasteiger partial charge is 0.416 e. The van der Waals surface area contributed by atoms with E-state index in [9.17, 15) is 26.4 Å². The zero-order valence-electron chi connectivity index (χ0n) is 22.1. The van der Waals surface area contributed by atoms with Crippen molar-refractivity contribution in [3.63, 3.8) is 0 Å². The normalized spacial score (nSPS) is 11.7. The summed E-state index contributed by atoms with van der Waals surface area (Å²) >= 11 is 0. The first kappa shape index (κ1) is 30.0. The first-order valence-electron chi connectivity index (χ1n) is 12.7. The van der Waals surface area contributed by atoms with Crippen LogP contribution < -0.4 is 9.04 Å². The van der Waals surface area contributed by atoms with Gasteiger partial charge in [0, 0.05) is 0 Å². The SMILES string of the molecule is CCCS(=O)(=O)N(Cc1ccc(OCC(=O)OCC)c(CC)c1)c1cccc(-c2ccc(C(F)(F)F)cc2)c1. The van der Waals surface area contributed by atoms with Gasteiger partial charge in [0.2, 0.25) is 10.0 Å². The van der Waals surface area contributed by atoms with Crippen molar-refractivity contribution in [1.29, 1.82) is 0 Å². The number of rotatable bonds is 12. The number of aryl methyl sites for hydroxylation is 1. The molecule has 0 heterocycles. The van der Waals surface area contributed by atoms with Crippen LogP contribution in [0.15, 0.2) is 66.7 Å². The highest BCUT2D eigenvalue weighted by Crippen LogP contribution is 2.33. The van der Waals surface area contributed by atoms with Gasteiger partial charge < -0.3 is 9.47 Å². The molecule has 6 nitrogen and oxygen atoms in total. The van der Waals surface area contributed by atoms with Gasteiger partial charge in [-0.2, -0.15) is 13.2 Å². The zero-order chi connectivity index (χ0) is 28.6. The average molecular weight is 564 g/mol. The van der Waals surface area contributed by atoms with Crippen LogP contribution in [0, 0.1) is 0 Å². The third-order valence-electron chi connectivity index (χ3n) is 5.96. The first-order chi connectivity index (χ1) is 18.5. The molecule has 0 aliphatic heterocycles. The minimum atomic E-state index is -4.44. The molecule has 0 radical (unpaired) electrons. The predicted molar refractivity (Wildman–Crippen MR) is 145 cm³/mol. The van der Waals surface area contributed by atoms with Crippen LogP contribution in [0.25, 0.3) is 11.1 Å². The standard InChI is InChI=1S/C29H32F3NO5S/c1-4-16-39(35,36)33(19-21-10-15-27(22(5-2)17-21)38-20-28(34)37-6-3)26-9-7-8-24(18-26)23-11-13-25(14-12-23)29(30,31)32/h7-15,17-18H,4-6,16,19-20H2,1-3H3. The van der Waals surface area contributed by atoms with Crippen LogP contribution in [0.1, 0.15) is 43.9 Å². The molecule has 0 saturated carbocycles. The second kappa shape index (κ2) is 13.0. The fourth-order valence-electron chi connectivity index (χ4n) is 4.06. The van der Waals surface area contributed by atoms with E-state index in [1.165, 1.54) is 16.4 Å². The molecule has 0 unspecified atom stereocenters. The average Bonchev–Trinajstić information content (AvgIpc) is 2.90. The number of ether oxygens (including phenoxy) is 2. The Morgan fingerprint density at radius 1 is 0.923 bits per heavy atom. The molecular weight excluding hydrogens is 531 g/mol. The maximum Gasteiger partial charge on any atom is 0.416 e. The summed E-state index contributed by atoms with van der Waals surface area (Å²) in [6.07, 6.45) is -3.43. The molecule has 0 fully saturated rings. The van der Waals surface area contributed by atoms with Crippen LogP contribution in [0.2, 0.25) is 0 Å². The van der Waals surface area contributed by atoms with E-state index in [0.29, 0.717) is 35.4 Å². The van der Waals surface area contributed by atoms with Gasteiger partial charge in [-0.3, -0.25) is 4.31 Å². The summed E-state index contributed by atoms with van der Waals surface area (Å²) in [5.41, 5.74) is 2.31. The summed E-state index contributed by atoms with van der Waals surface area (Å²) in [7, 11) is -3.71. The lowest BCUT2D eigenvalue weighted by molar-refractivity contribution is -0.145. The molecule has 0 spiro atoms. The topological polar surface area (TPSA) is 72.9 Å². The number of sulfonamides is 1. The number of hydrogen-bond donors (Lipinski definition) is 0. The Kier molecular flexibility index (Phi) is 10.0. The largest absolute Gasteiger partial charge is 0.482 e. The number of esters is 1. The highest BCUT2D eigenvalue weighted by molar-refractivity contribution is 7.92. The summed E-state index contributed by atoms with van der Waals surface area (Å²) in [6, 6.07) is 16.8. The number of alkyl halides is 3. The van der Waals surface area contributed by atoms with Gasteiger partial charge in [0.05, 0.1) is 30.2 Å². The van der Waals surface area contributed by atoms with E-state index < -0.39 is 27.7 Å². The molecule has 39 heavy (non-hydrogen) atoms. The van der Waals surface area contributed by atoms with E-state index in [-0.39, 0.29) is 25.5 Å². The predicted octanol–water partition coefficient (Wildman–Crippen LogP) is 6.62. The van der Waals surface area contributed by atoms with Crippen molar-refractivity contribution in [2.45, 2.75) is 46.3 Å². The highest BCUT2D eigenvalue weighted by Gasteiger charge is 2.30.